The van der Waals surface area contributed by atoms with Gasteiger partial charge in [0, 0.05) is 15.8 Å². The molecular formula is C22H15NO2S2. The number of aromatic nitrogens is 1. The van der Waals surface area contributed by atoms with E-state index < -0.39 is 10.0 Å². The van der Waals surface area contributed by atoms with E-state index in [0.717, 1.165) is 26.4 Å². The Morgan fingerprint density at radius 2 is 1.44 bits per heavy atom. The largest absolute Gasteiger partial charge is 0.269 e. The van der Waals surface area contributed by atoms with Crippen LogP contribution in [0, 0.1) is 0 Å². The number of nitrogens with zero attached hydrogens (tertiary/aromatic N) is 1. The molecule has 1 aromatic heterocycles. The molecule has 132 valence electrons. The minimum absolute atomic E-state index is 0.288. The van der Waals surface area contributed by atoms with Gasteiger partial charge >= 0.3 is 0 Å². The van der Waals surface area contributed by atoms with Gasteiger partial charge in [-0.05, 0) is 29.8 Å². The third-order valence-electron chi connectivity index (χ3n) is 4.66. The van der Waals surface area contributed by atoms with Crippen LogP contribution >= 0.6 is 11.8 Å². The third kappa shape index (κ3) is 2.54. The van der Waals surface area contributed by atoms with E-state index in [4.69, 9.17) is 0 Å². The van der Waals surface area contributed by atoms with Crippen molar-refractivity contribution in [3.63, 3.8) is 0 Å². The molecule has 0 spiro atoms. The Bertz CT molecular complexity index is 1300. The normalized spacial score (nSPS) is 13.2. The van der Waals surface area contributed by atoms with Gasteiger partial charge in [-0.3, -0.25) is 0 Å². The summed E-state index contributed by atoms with van der Waals surface area (Å²) in [5, 5.41) is 1.66. The van der Waals surface area contributed by atoms with Crippen molar-refractivity contribution in [3.8, 4) is 0 Å². The smallest absolute Gasteiger partial charge is 0.227 e. The molecule has 0 unspecified atom stereocenters. The highest BCUT2D eigenvalue weighted by atomic mass is 32.2. The highest BCUT2D eigenvalue weighted by molar-refractivity contribution is 8.00. The van der Waals surface area contributed by atoms with Crippen LogP contribution in [-0.2, 0) is 10.0 Å². The average Bonchev–Trinajstić information content (AvgIpc) is 2.89. The summed E-state index contributed by atoms with van der Waals surface area (Å²) in [5.74, 6) is 0. The van der Waals surface area contributed by atoms with Crippen molar-refractivity contribution in [1.82, 2.24) is 3.97 Å². The minimum atomic E-state index is -3.72. The molecule has 5 heteroatoms. The summed E-state index contributed by atoms with van der Waals surface area (Å²) in [7, 11) is -3.72. The van der Waals surface area contributed by atoms with Gasteiger partial charge in [0.25, 0.3) is 10.0 Å². The van der Waals surface area contributed by atoms with E-state index in [1.54, 1.807) is 24.3 Å². The topological polar surface area (TPSA) is 39.1 Å². The first-order chi connectivity index (χ1) is 13.2. The van der Waals surface area contributed by atoms with Crippen LogP contribution in [0.15, 0.2) is 93.7 Å². The molecular weight excluding hydrogens is 374 g/mol. The van der Waals surface area contributed by atoms with Crippen LogP contribution in [0.4, 0.5) is 0 Å². The molecule has 5 rings (SSSR count). The second-order valence-corrected chi connectivity index (χ2v) is 9.11. The predicted octanol–water partition coefficient (Wildman–Crippen LogP) is 5.51. The zero-order valence-electron chi connectivity index (χ0n) is 14.2. The number of fused-ring (bicyclic) bond motifs is 4. The zero-order valence-corrected chi connectivity index (χ0v) is 15.9. The van der Waals surface area contributed by atoms with Crippen molar-refractivity contribution in [2.45, 2.75) is 14.8 Å². The molecule has 0 N–H and O–H groups in total. The van der Waals surface area contributed by atoms with Crippen molar-refractivity contribution in [3.05, 3.63) is 90.0 Å². The summed E-state index contributed by atoms with van der Waals surface area (Å²) >= 11 is 1.50. The van der Waals surface area contributed by atoms with Gasteiger partial charge in [0.05, 0.1) is 10.4 Å². The van der Waals surface area contributed by atoms with E-state index in [2.05, 4.69) is 6.08 Å². The first-order valence-electron chi connectivity index (χ1n) is 8.55. The van der Waals surface area contributed by atoms with Gasteiger partial charge < -0.3 is 0 Å². The maximum Gasteiger partial charge on any atom is 0.269 e. The van der Waals surface area contributed by atoms with Gasteiger partial charge in [-0.2, -0.15) is 0 Å². The molecule has 4 aromatic rings. The molecule has 27 heavy (non-hydrogen) atoms. The van der Waals surface area contributed by atoms with Crippen LogP contribution in [0.1, 0.15) is 11.1 Å². The second kappa shape index (κ2) is 6.15. The van der Waals surface area contributed by atoms with Crippen molar-refractivity contribution < 1.29 is 8.42 Å². The summed E-state index contributed by atoms with van der Waals surface area (Å²) in [4.78, 5) is 1.33. The molecule has 3 nitrogen and oxygen atoms in total. The third-order valence-corrected chi connectivity index (χ3v) is 7.70. The van der Waals surface area contributed by atoms with Gasteiger partial charge in [-0.15, -0.1) is 0 Å². The van der Waals surface area contributed by atoms with Crippen LogP contribution in [-0.4, -0.2) is 12.4 Å². The van der Waals surface area contributed by atoms with Crippen molar-refractivity contribution in [2.24, 2.45) is 0 Å². The van der Waals surface area contributed by atoms with Crippen LogP contribution in [0.25, 0.3) is 23.1 Å². The molecule has 0 amide bonds. The number of benzene rings is 3. The lowest BCUT2D eigenvalue weighted by molar-refractivity contribution is 0.585. The zero-order chi connectivity index (χ0) is 18.4. The molecule has 0 atom stereocenters. The van der Waals surface area contributed by atoms with E-state index in [9.17, 15) is 8.42 Å². The number of hydrogen-bond donors (Lipinski definition) is 0. The maximum atomic E-state index is 13.5. The fraction of sp³-hybridized carbons (Fsp3) is 0. The summed E-state index contributed by atoms with van der Waals surface area (Å²) in [5.41, 5.74) is 2.72. The molecule has 0 saturated carbocycles. The van der Waals surface area contributed by atoms with E-state index in [1.165, 1.54) is 15.7 Å². The first-order valence-corrected chi connectivity index (χ1v) is 10.8. The number of para-hydroxylation sites is 1. The summed E-state index contributed by atoms with van der Waals surface area (Å²) in [6, 6.07) is 24.3. The minimum Gasteiger partial charge on any atom is -0.227 e. The van der Waals surface area contributed by atoms with E-state index in [0.29, 0.717) is 5.52 Å². The quantitative estimate of drug-likeness (QED) is 0.399. The Balaban J connectivity index is 1.86. The maximum absolute atomic E-state index is 13.5. The molecule has 0 radical (unpaired) electrons. The van der Waals surface area contributed by atoms with Gasteiger partial charge in [-0.25, -0.2) is 12.4 Å². The first kappa shape index (κ1) is 16.4. The lowest BCUT2D eigenvalue weighted by atomic mass is 10.1. The Kier molecular flexibility index (Phi) is 3.74. The summed E-state index contributed by atoms with van der Waals surface area (Å²) < 4.78 is 28.6. The van der Waals surface area contributed by atoms with E-state index in [-0.39, 0.29) is 4.90 Å². The molecule has 2 heterocycles. The van der Waals surface area contributed by atoms with E-state index in [1.807, 2.05) is 60.7 Å². The molecule has 1 aliphatic rings. The fourth-order valence-corrected chi connectivity index (χ4v) is 6.33. The number of rotatable bonds is 2. The van der Waals surface area contributed by atoms with Gasteiger partial charge in [0.2, 0.25) is 0 Å². The average molecular weight is 390 g/mol. The van der Waals surface area contributed by atoms with Gasteiger partial charge in [-0.1, -0.05) is 78.5 Å². The van der Waals surface area contributed by atoms with Crippen molar-refractivity contribution >= 4 is 44.8 Å². The van der Waals surface area contributed by atoms with Crippen LogP contribution < -0.4 is 0 Å². The predicted molar refractivity (Wildman–Crippen MR) is 110 cm³/mol. The second-order valence-electron chi connectivity index (χ2n) is 6.29. The Hall–Kier alpha value is -2.76. The van der Waals surface area contributed by atoms with Crippen LogP contribution in [0.3, 0.4) is 0 Å². The highest BCUT2D eigenvalue weighted by Gasteiger charge is 2.27. The molecule has 0 saturated heterocycles. The molecule has 0 fully saturated rings. The summed E-state index contributed by atoms with van der Waals surface area (Å²) in [6.45, 7) is 0. The fourth-order valence-electron chi connectivity index (χ4n) is 3.39. The monoisotopic (exact) mass is 389 g/mol. The Labute approximate surface area is 162 Å². The molecule has 3 aromatic carbocycles. The van der Waals surface area contributed by atoms with Gasteiger partial charge in [0.15, 0.2) is 0 Å². The summed E-state index contributed by atoms with van der Waals surface area (Å²) in [6.07, 6.45) is 4.08. The molecule has 0 bridgehead atoms. The highest BCUT2D eigenvalue weighted by Crippen LogP contribution is 2.43. The van der Waals surface area contributed by atoms with Crippen LogP contribution in [0.5, 0.6) is 0 Å². The number of hydrogen-bond acceptors (Lipinski definition) is 3. The Morgan fingerprint density at radius 3 is 2.30 bits per heavy atom. The molecule has 1 aliphatic heterocycles. The lowest BCUT2D eigenvalue weighted by Gasteiger charge is -2.12. The standard InChI is InChI=1S/C22H15NO2S2/c24-27(25,17-9-2-1-3-10-17)23-20-12-6-5-11-18(20)19-15-14-16-8-4-7-13-21(16)26-22(19)23/h1-15H. The Morgan fingerprint density at radius 1 is 0.741 bits per heavy atom. The van der Waals surface area contributed by atoms with Crippen LogP contribution in [0.2, 0.25) is 0 Å². The SMILES string of the molecule is O=S(=O)(c1ccccc1)n1c2c(c3ccccc31)C=Cc1ccccc1S2. The van der Waals surface area contributed by atoms with E-state index >= 15 is 0 Å². The van der Waals surface area contributed by atoms with Crippen molar-refractivity contribution in [1.29, 1.82) is 0 Å². The molecule has 0 aliphatic carbocycles. The van der Waals surface area contributed by atoms with Gasteiger partial charge in [0.1, 0.15) is 5.03 Å². The van der Waals surface area contributed by atoms with Crippen molar-refractivity contribution in [2.75, 3.05) is 0 Å². The lowest BCUT2D eigenvalue weighted by Crippen LogP contribution is -2.13.